The third kappa shape index (κ3) is 14.1. The quantitative estimate of drug-likeness (QED) is 0.121. The Labute approximate surface area is 805 Å². The first kappa shape index (κ1) is 83.3. The molecule has 7 aromatic heterocycles. The minimum absolute atomic E-state index is 0.0210. The minimum Gasteiger partial charge on any atom is -0.316 e. The van der Waals surface area contributed by atoms with E-state index in [1.807, 2.05) is 61.7 Å². The van der Waals surface area contributed by atoms with E-state index in [0.29, 0.717) is 5.56 Å². The molecule has 20 aromatic carbocycles. The molecule has 664 valence electrons. The van der Waals surface area contributed by atoms with E-state index in [-0.39, 0.29) is 16.7 Å². The zero-order valence-corrected chi connectivity index (χ0v) is 78.4. The monoisotopic (exact) mass is 1790 g/mol. The second-order valence-corrected chi connectivity index (χ2v) is 38.9. The fourth-order valence-electron chi connectivity index (χ4n) is 21.7. The normalized spacial score (nSPS) is 12.0. The fourth-order valence-corrected chi connectivity index (χ4v) is 21.7. The maximum atomic E-state index is 13.5. The highest BCUT2D eigenvalue weighted by Gasteiger charge is 2.27. The van der Waals surface area contributed by atoms with Crippen LogP contribution in [0.15, 0.2) is 468 Å². The maximum absolute atomic E-state index is 13.5. The number of carbonyl (C=O) groups is 1. The Balaban J connectivity index is 0.000000117. The zero-order chi connectivity index (χ0) is 93.5. The van der Waals surface area contributed by atoms with E-state index in [4.69, 9.17) is 0 Å². The Kier molecular flexibility index (Phi) is 19.9. The molecule has 0 unspecified atom stereocenters. The number of aryl methyl sites for hydroxylation is 1. The molecule has 0 spiro atoms. The average Bonchev–Trinajstić information content (AvgIpc) is 1.60. The van der Waals surface area contributed by atoms with Gasteiger partial charge in [-0.1, -0.05) is 314 Å². The Morgan fingerprint density at radius 1 is 0.223 bits per heavy atom. The van der Waals surface area contributed by atoms with Crippen LogP contribution in [-0.2, 0) is 10.8 Å². The topological polar surface area (TPSA) is 54.8 Å². The smallest absolute Gasteiger partial charge is 0.262 e. The average molecular weight is 1790 g/mol. The van der Waals surface area contributed by atoms with Crippen LogP contribution in [0.2, 0.25) is 0 Å². The Morgan fingerprint density at radius 3 is 1.18 bits per heavy atom. The van der Waals surface area contributed by atoms with Gasteiger partial charge < -0.3 is 32.3 Å². The molecule has 0 aliphatic heterocycles. The van der Waals surface area contributed by atoms with Gasteiger partial charge in [-0.05, 0) is 254 Å². The number of hydrogen-bond acceptors (Lipinski definition) is 2. The van der Waals surface area contributed by atoms with Crippen molar-refractivity contribution in [3.63, 3.8) is 0 Å². The lowest BCUT2D eigenvalue weighted by molar-refractivity contribution is 0.0965. The molecular weight excluding hydrogens is 1690 g/mol. The van der Waals surface area contributed by atoms with Gasteiger partial charge in [0.1, 0.15) is 0 Å². The van der Waals surface area contributed by atoms with Crippen molar-refractivity contribution in [3.8, 4) is 45.3 Å². The Bertz CT molecular complexity index is 9490. The molecule has 0 saturated heterocycles. The van der Waals surface area contributed by atoms with Crippen LogP contribution in [0.4, 0.5) is 17.1 Å². The van der Waals surface area contributed by atoms with E-state index in [9.17, 15) is 4.79 Å². The highest BCUT2D eigenvalue weighted by atomic mass is 16.2. The zero-order valence-electron chi connectivity index (χ0n) is 78.4. The van der Waals surface area contributed by atoms with Gasteiger partial charge in [0.2, 0.25) is 0 Å². The van der Waals surface area contributed by atoms with Gasteiger partial charge in [0, 0.05) is 135 Å². The molecule has 0 aliphatic rings. The van der Waals surface area contributed by atoms with Crippen LogP contribution >= 0.6 is 0 Å². The SMILES string of the molecule is CC(C)(C)c1ccc(N(c2cccc(-n3ccc4ccc5c6ccccc6n(-c6ccccc6)c5c43)c2)c2ccc3c(c2)c2ccccc2n3-c2ccc(C(C)(C)C)cc2)cc1.Cc1ccc(C(=O)n2ccc3ccc4c5ccccc5n(-c5ccccc5)c4c32)cc1.c1ccc(-n2ccc3c2ccc2c4cc(-c5ccc6c7ccccc7c7ccccc7c6c5)ccc4n(-c4ccccc4)c23)cc1. The lowest BCUT2D eigenvalue weighted by Gasteiger charge is -2.27. The lowest BCUT2D eigenvalue weighted by Crippen LogP contribution is -2.13. The highest BCUT2D eigenvalue weighted by molar-refractivity contribution is 6.27. The van der Waals surface area contributed by atoms with Crippen molar-refractivity contribution in [2.24, 2.45) is 0 Å². The summed E-state index contributed by atoms with van der Waals surface area (Å²) in [6.45, 7) is 15.7. The van der Waals surface area contributed by atoms with Gasteiger partial charge in [-0.3, -0.25) is 9.36 Å². The van der Waals surface area contributed by atoms with E-state index in [2.05, 4.69) is 487 Å². The van der Waals surface area contributed by atoms with Crippen molar-refractivity contribution < 1.29 is 4.79 Å². The first-order chi connectivity index (χ1) is 68.1. The third-order valence-electron chi connectivity index (χ3n) is 28.5. The number of carbonyl (C=O) groups excluding carboxylic acids is 1. The first-order valence-electron chi connectivity index (χ1n) is 48.1. The first-order valence-corrected chi connectivity index (χ1v) is 48.1. The van der Waals surface area contributed by atoms with Crippen molar-refractivity contribution in [3.05, 3.63) is 490 Å². The molecular formula is C130H98N8O. The van der Waals surface area contributed by atoms with Crippen LogP contribution in [0.25, 0.3) is 198 Å². The fraction of sp³-hybridized carbons (Fsp3) is 0.0692. The summed E-state index contributed by atoms with van der Waals surface area (Å²) in [5.74, 6) is -0.0210. The van der Waals surface area contributed by atoms with Gasteiger partial charge >= 0.3 is 0 Å². The summed E-state index contributed by atoms with van der Waals surface area (Å²) in [6, 6.07) is 162. The number of rotatable bonds is 11. The molecule has 7 heterocycles. The molecule has 0 bridgehead atoms. The predicted octanol–water partition coefficient (Wildman–Crippen LogP) is 34.5. The summed E-state index contributed by atoms with van der Waals surface area (Å²) in [5.41, 5.74) is 29.9. The number of hydrogen-bond donors (Lipinski definition) is 0. The summed E-state index contributed by atoms with van der Waals surface area (Å²) in [5, 5.41) is 21.1. The number of anilines is 3. The van der Waals surface area contributed by atoms with E-state index in [1.54, 1.807) is 4.57 Å². The van der Waals surface area contributed by atoms with Gasteiger partial charge in [0.25, 0.3) is 5.91 Å². The molecule has 0 saturated carbocycles. The molecule has 0 amide bonds. The molecule has 0 fully saturated rings. The highest BCUT2D eigenvalue weighted by Crippen LogP contribution is 2.48. The minimum atomic E-state index is -0.0210. The van der Waals surface area contributed by atoms with Crippen LogP contribution in [0, 0.1) is 6.92 Å². The molecule has 0 N–H and O–H groups in total. The molecule has 0 atom stereocenters. The van der Waals surface area contributed by atoms with Gasteiger partial charge in [-0.15, -0.1) is 0 Å². The largest absolute Gasteiger partial charge is 0.316 e. The van der Waals surface area contributed by atoms with Crippen molar-refractivity contribution in [2.75, 3.05) is 4.90 Å². The molecule has 9 nitrogen and oxygen atoms in total. The molecule has 139 heavy (non-hydrogen) atoms. The molecule has 0 radical (unpaired) electrons. The van der Waals surface area contributed by atoms with Crippen LogP contribution in [0.3, 0.4) is 0 Å². The number of fused-ring (bicyclic) bond motifs is 24. The lowest BCUT2D eigenvalue weighted by atomic mass is 9.87. The molecule has 9 heteroatoms. The second-order valence-electron chi connectivity index (χ2n) is 38.9. The van der Waals surface area contributed by atoms with E-state index in [0.717, 1.165) is 72.7 Å². The standard InChI is InChI=1S/C58H50N4.C44H28N2.C28H20N2O/c1-57(2,3)40-24-28-43(29-25-40)60(47-32-34-54-51(38-47)49-20-11-12-21-52(49)61(54)44-30-26-41(27-31-44)58(4,5)6)46-18-14-17-45(37-46)59-36-35-39-23-33-50-48-19-10-13-22-53(48)62(56(50)55(39)59)42-15-8-7-9-16-42;1-3-11-31(12-4-1)45-26-25-39-42(45)24-22-38-41-28-30(20-23-43(41)46(44(38)39)32-13-5-2-6-14-32)29-19-21-37-35-17-8-7-15-33(35)34-16-9-10-18-36(34)40(37)27-29;1-19-11-13-21(14-12-19)28(31)29-18-17-20-15-16-24-23-9-5-6-10-25(23)30(27(24)26(20)29)22-7-3-2-4-8-22/h7-38H,1-6H3;1-28H;2-18H,1H3. The van der Waals surface area contributed by atoms with Gasteiger partial charge in [-0.2, -0.15) is 0 Å². The van der Waals surface area contributed by atoms with Crippen molar-refractivity contribution in [2.45, 2.75) is 59.3 Å². The molecule has 27 aromatic rings. The Morgan fingerprint density at radius 2 is 0.604 bits per heavy atom. The van der Waals surface area contributed by atoms with Crippen LogP contribution in [-0.4, -0.2) is 37.9 Å². The van der Waals surface area contributed by atoms with Crippen LogP contribution in [0.1, 0.15) is 68.6 Å². The van der Waals surface area contributed by atoms with Crippen LogP contribution in [0.5, 0.6) is 0 Å². The van der Waals surface area contributed by atoms with Gasteiger partial charge in [0.05, 0.1) is 60.7 Å². The summed E-state index contributed by atoms with van der Waals surface area (Å²) in [6.07, 6.45) is 6.31. The molecule has 0 aliphatic carbocycles. The van der Waals surface area contributed by atoms with Crippen LogP contribution < -0.4 is 4.90 Å². The van der Waals surface area contributed by atoms with E-state index < -0.39 is 0 Å². The number of benzene rings is 20. The molecule has 27 rings (SSSR count). The van der Waals surface area contributed by atoms with Crippen molar-refractivity contribution >= 4 is 175 Å². The predicted molar refractivity (Wildman–Crippen MR) is 587 cm³/mol. The summed E-state index contributed by atoms with van der Waals surface area (Å²) in [4.78, 5) is 15.9. The van der Waals surface area contributed by atoms with Crippen molar-refractivity contribution in [1.82, 2.24) is 32.0 Å². The summed E-state index contributed by atoms with van der Waals surface area (Å²) in [7, 11) is 0. The summed E-state index contributed by atoms with van der Waals surface area (Å²) >= 11 is 0. The van der Waals surface area contributed by atoms with Gasteiger partial charge in [0.15, 0.2) is 0 Å². The third-order valence-corrected chi connectivity index (χ3v) is 28.5. The number of nitrogens with zero attached hydrogens (tertiary/aromatic N) is 8. The summed E-state index contributed by atoms with van der Waals surface area (Å²) < 4.78 is 16.0. The number of aromatic nitrogens is 7. The van der Waals surface area contributed by atoms with Gasteiger partial charge in [-0.25, -0.2) is 0 Å². The van der Waals surface area contributed by atoms with Crippen molar-refractivity contribution in [1.29, 1.82) is 0 Å². The van der Waals surface area contributed by atoms with E-state index >= 15 is 0 Å². The van der Waals surface area contributed by atoms with E-state index in [1.165, 1.54) is 159 Å². The Hall–Kier alpha value is -17.5. The number of para-hydroxylation sites is 7. The second kappa shape index (κ2) is 33.2. The maximum Gasteiger partial charge on any atom is 0.262 e.